The van der Waals surface area contributed by atoms with Crippen molar-refractivity contribution in [3.63, 3.8) is 0 Å². The number of benzene rings is 4. The predicted molar refractivity (Wildman–Crippen MR) is 108 cm³/mol. The largest absolute Gasteiger partial charge is 0.473 e. The predicted octanol–water partition coefficient (Wildman–Crippen LogP) is 6.37. The Bertz CT molecular complexity index is 1050. The van der Waals surface area contributed by atoms with E-state index >= 15 is 0 Å². The van der Waals surface area contributed by atoms with Crippen molar-refractivity contribution in [2.45, 2.75) is 0 Å². The van der Waals surface area contributed by atoms with E-state index in [0.717, 1.165) is 33.4 Å². The molecule has 0 saturated carbocycles. The van der Waals surface area contributed by atoms with Crippen molar-refractivity contribution in [1.29, 1.82) is 0 Å². The minimum absolute atomic E-state index is 0.805. The summed E-state index contributed by atoms with van der Waals surface area (Å²) in [5.41, 5.74) is 2.14. The first-order valence-corrected chi connectivity index (χ1v) is 11.2. The van der Waals surface area contributed by atoms with Gasteiger partial charge >= 0.3 is 0 Å². The first-order valence-electron chi connectivity index (χ1n) is 8.13. The van der Waals surface area contributed by atoms with Crippen LogP contribution in [-0.2, 0) is 12.2 Å². The van der Waals surface area contributed by atoms with E-state index in [4.69, 9.17) is 21.3 Å². The van der Waals surface area contributed by atoms with Crippen LogP contribution in [0.3, 0.4) is 0 Å². The first kappa shape index (κ1) is 15.1. The Balaban J connectivity index is 2.00. The van der Waals surface area contributed by atoms with E-state index in [0.29, 0.717) is 0 Å². The van der Waals surface area contributed by atoms with Gasteiger partial charge in [0, 0.05) is 11.1 Å². The summed E-state index contributed by atoms with van der Waals surface area (Å²) in [4.78, 5) is 0. The second-order valence-corrected chi connectivity index (χ2v) is 10.2. The second kappa shape index (κ2) is 5.39. The van der Waals surface area contributed by atoms with Crippen molar-refractivity contribution in [3.8, 4) is 22.6 Å². The van der Waals surface area contributed by atoms with Crippen molar-refractivity contribution >= 4 is 40.7 Å². The van der Waals surface area contributed by atoms with Gasteiger partial charge in [-0.25, -0.2) is 0 Å². The molecule has 0 aliphatic carbocycles. The van der Waals surface area contributed by atoms with E-state index in [1.807, 2.05) is 18.8 Å². The summed E-state index contributed by atoms with van der Waals surface area (Å²) in [5.74, 6) is 1.61. The van der Waals surface area contributed by atoms with Crippen molar-refractivity contribution < 1.29 is 9.05 Å². The molecule has 122 valence electrons. The number of hydrogen-bond acceptors (Lipinski definition) is 3. The van der Waals surface area contributed by atoms with Crippen LogP contribution in [0.15, 0.2) is 72.8 Å². The molecule has 0 bridgehead atoms. The molecule has 0 unspecified atom stereocenters. The fourth-order valence-corrected chi connectivity index (χ4v) is 5.08. The van der Waals surface area contributed by atoms with Gasteiger partial charge in [0.25, 0.3) is 0 Å². The molecule has 2 nitrogen and oxygen atoms in total. The zero-order chi connectivity index (χ0) is 17.0. The first-order chi connectivity index (χ1) is 12.1. The van der Waals surface area contributed by atoms with E-state index in [1.165, 1.54) is 10.8 Å². The molecule has 0 radical (unpaired) electrons. The summed E-state index contributed by atoms with van der Waals surface area (Å²) in [5, 5.41) is 4.65. The molecule has 0 atom stereocenters. The molecular weight excluding hydrogens is 347 g/mol. The Morgan fingerprint density at radius 1 is 0.640 bits per heavy atom. The molecule has 25 heavy (non-hydrogen) atoms. The van der Waals surface area contributed by atoms with Gasteiger partial charge < -0.3 is 21.3 Å². The third-order valence-corrected chi connectivity index (χ3v) is 6.06. The third-order valence-electron chi connectivity index (χ3n) is 4.56. The average Bonchev–Trinajstić information content (AvgIpc) is 2.73. The fourth-order valence-electron chi connectivity index (χ4n) is 3.55. The van der Waals surface area contributed by atoms with Crippen molar-refractivity contribution in [3.05, 3.63) is 72.8 Å². The van der Waals surface area contributed by atoms with E-state index in [9.17, 15) is 0 Å². The van der Waals surface area contributed by atoms with E-state index in [2.05, 4.69) is 60.7 Å². The Kier molecular flexibility index (Phi) is 3.25. The quantitative estimate of drug-likeness (QED) is 0.267. The molecule has 0 saturated heterocycles. The summed E-state index contributed by atoms with van der Waals surface area (Å²) in [6.45, 7) is -0.537. The van der Waals surface area contributed by atoms with Crippen LogP contribution in [0.25, 0.3) is 32.7 Å². The van der Waals surface area contributed by atoms with Crippen LogP contribution < -0.4 is 9.05 Å². The molecule has 4 aromatic carbocycles. The van der Waals surface area contributed by atoms with Crippen LogP contribution in [0, 0.1) is 0 Å². The minimum atomic E-state index is -2.42. The van der Waals surface area contributed by atoms with Gasteiger partial charge in [0.2, 0.25) is 6.92 Å². The van der Waals surface area contributed by atoms with E-state index in [1.54, 1.807) is 0 Å². The van der Waals surface area contributed by atoms with E-state index in [-0.39, 0.29) is 0 Å². The topological polar surface area (TPSA) is 18.5 Å². The highest BCUT2D eigenvalue weighted by Crippen LogP contribution is 2.62. The van der Waals surface area contributed by atoms with E-state index < -0.39 is 6.92 Å². The van der Waals surface area contributed by atoms with Crippen molar-refractivity contribution in [1.82, 2.24) is 0 Å². The molecule has 0 aromatic heterocycles. The molecule has 0 amide bonds. The van der Waals surface area contributed by atoms with Gasteiger partial charge in [0.05, 0.1) is 6.66 Å². The number of rotatable bonds is 0. The monoisotopic (exact) mass is 362 g/mol. The molecule has 1 aliphatic rings. The maximum atomic E-state index is 6.19. The molecule has 5 rings (SSSR count). The van der Waals surface area contributed by atoms with Crippen molar-refractivity contribution in [2.75, 3.05) is 6.66 Å². The lowest BCUT2D eigenvalue weighted by Crippen LogP contribution is -2.02. The van der Waals surface area contributed by atoms with Crippen LogP contribution in [0.2, 0.25) is 0 Å². The maximum Gasteiger partial charge on any atom is 0.248 e. The normalized spacial score (nSPS) is 15.0. The summed E-state index contributed by atoms with van der Waals surface area (Å²) >= 11 is 5.65. The van der Waals surface area contributed by atoms with Gasteiger partial charge in [0.1, 0.15) is 0 Å². The van der Waals surface area contributed by atoms with Crippen LogP contribution in [0.5, 0.6) is 11.5 Å². The Hall–Kier alpha value is -2.22. The van der Waals surface area contributed by atoms with Crippen LogP contribution in [0.4, 0.5) is 0 Å². The highest BCUT2D eigenvalue weighted by Gasteiger charge is 2.33. The fraction of sp³-hybridized carbons (Fsp3) is 0.0476. The smallest absolute Gasteiger partial charge is 0.248 e. The summed E-state index contributed by atoms with van der Waals surface area (Å²) in [6, 6.07) is 24.9. The Morgan fingerprint density at radius 2 is 1.08 bits per heavy atom. The van der Waals surface area contributed by atoms with Gasteiger partial charge in [-0.15, -0.1) is 0 Å². The lowest BCUT2D eigenvalue weighted by molar-refractivity contribution is 0.500. The standard InChI is InChI=1S/C21H15O2PS/c1-24(25)22-18-12-10-14-6-2-4-8-16(14)20(18)21-17-9-5-3-7-15(17)11-13-19(21)23-24/h2-13H,1H3. The second-order valence-electron chi connectivity index (χ2n) is 6.27. The summed E-state index contributed by atoms with van der Waals surface area (Å²) < 4.78 is 12.4. The molecule has 0 spiro atoms. The van der Waals surface area contributed by atoms with Gasteiger partial charge in [-0.2, -0.15) is 0 Å². The molecule has 0 N–H and O–H groups in total. The lowest BCUT2D eigenvalue weighted by Gasteiger charge is -2.23. The van der Waals surface area contributed by atoms with Crippen LogP contribution >= 0.6 is 6.92 Å². The summed E-state index contributed by atoms with van der Waals surface area (Å²) in [6.07, 6.45) is 0. The Morgan fingerprint density at radius 3 is 1.56 bits per heavy atom. The van der Waals surface area contributed by atoms with Crippen LogP contribution in [-0.4, -0.2) is 6.66 Å². The Labute approximate surface area is 152 Å². The number of fused-ring (bicyclic) bond motifs is 7. The molecule has 4 heteroatoms. The average molecular weight is 362 g/mol. The van der Waals surface area contributed by atoms with Gasteiger partial charge in [-0.3, -0.25) is 0 Å². The summed E-state index contributed by atoms with van der Waals surface area (Å²) in [7, 11) is 0. The lowest BCUT2D eigenvalue weighted by atomic mass is 9.92. The molecule has 0 fully saturated rings. The minimum Gasteiger partial charge on any atom is -0.473 e. The highest BCUT2D eigenvalue weighted by molar-refractivity contribution is 8.38. The highest BCUT2D eigenvalue weighted by atomic mass is 32.7. The molecule has 1 heterocycles. The third kappa shape index (κ3) is 2.38. The molecule has 4 aromatic rings. The zero-order valence-electron chi connectivity index (χ0n) is 13.6. The SMILES string of the molecule is C[P+]1([S-])Oc2ccc3ccccc3c2-c2c(ccc3ccccc23)O1. The van der Waals surface area contributed by atoms with Gasteiger partial charge in [-0.05, 0) is 33.7 Å². The van der Waals surface area contributed by atoms with Gasteiger partial charge in [-0.1, -0.05) is 60.7 Å². The molecular formula is C21H15O2PS. The van der Waals surface area contributed by atoms with Crippen molar-refractivity contribution in [2.24, 2.45) is 0 Å². The van der Waals surface area contributed by atoms with Crippen LogP contribution in [0.1, 0.15) is 0 Å². The molecule has 1 aliphatic heterocycles. The maximum absolute atomic E-state index is 6.19. The number of hydrogen-bond donors (Lipinski definition) is 0. The zero-order valence-corrected chi connectivity index (χ0v) is 15.3. The van der Waals surface area contributed by atoms with Gasteiger partial charge in [0.15, 0.2) is 11.5 Å².